The van der Waals surface area contributed by atoms with Crippen LogP contribution in [0.2, 0.25) is 5.02 Å². The Hall–Kier alpha value is -1.53. The van der Waals surface area contributed by atoms with Gasteiger partial charge in [-0.3, -0.25) is 4.79 Å². The molecule has 0 unspecified atom stereocenters. The first-order valence-corrected chi connectivity index (χ1v) is 8.94. The van der Waals surface area contributed by atoms with Gasteiger partial charge in [-0.15, -0.1) is 0 Å². The van der Waals surface area contributed by atoms with E-state index in [2.05, 4.69) is 10.3 Å². The van der Waals surface area contributed by atoms with E-state index in [4.69, 9.17) is 11.6 Å². The number of halogens is 1. The minimum atomic E-state index is -2.93. The lowest BCUT2D eigenvalue weighted by atomic mass is 10.1. The number of carbonyl (C=O) groups is 1. The first kappa shape index (κ1) is 14.4. The Balaban J connectivity index is 1.77. The van der Waals surface area contributed by atoms with Crippen molar-refractivity contribution >= 4 is 38.2 Å². The second-order valence-electron chi connectivity index (χ2n) is 5.26. The zero-order chi connectivity index (χ0) is 15.0. The topological polar surface area (TPSA) is 79.0 Å². The van der Waals surface area contributed by atoms with Crippen molar-refractivity contribution in [2.45, 2.75) is 18.9 Å². The predicted octanol–water partition coefficient (Wildman–Crippen LogP) is 2.13. The highest BCUT2D eigenvalue weighted by Gasteiger charge is 2.26. The number of fused-ring (bicyclic) bond motifs is 1. The van der Waals surface area contributed by atoms with Gasteiger partial charge < -0.3 is 10.3 Å². The molecule has 1 amide bonds. The fourth-order valence-corrected chi connectivity index (χ4v) is 4.35. The largest absolute Gasteiger partial charge is 0.349 e. The number of hydrogen-bond donors (Lipinski definition) is 2. The number of para-hydroxylation sites is 1. The minimum absolute atomic E-state index is 0.122. The quantitative estimate of drug-likeness (QED) is 0.887. The van der Waals surface area contributed by atoms with Gasteiger partial charge in [-0.05, 0) is 18.9 Å². The lowest BCUT2D eigenvalue weighted by Crippen LogP contribution is -2.41. The van der Waals surface area contributed by atoms with Crippen LogP contribution in [0.1, 0.15) is 23.3 Å². The number of H-pyrrole nitrogens is 1. The first-order chi connectivity index (χ1) is 9.96. The summed E-state index contributed by atoms with van der Waals surface area (Å²) in [4.78, 5) is 15.3. The number of amides is 1. The van der Waals surface area contributed by atoms with Gasteiger partial charge in [0.1, 0.15) is 15.5 Å². The summed E-state index contributed by atoms with van der Waals surface area (Å²) < 4.78 is 22.8. The maximum atomic E-state index is 12.3. The minimum Gasteiger partial charge on any atom is -0.349 e. The lowest BCUT2D eigenvalue weighted by Gasteiger charge is -2.22. The Morgan fingerprint density at radius 2 is 1.90 bits per heavy atom. The molecule has 112 valence electrons. The zero-order valence-electron chi connectivity index (χ0n) is 11.2. The molecule has 2 heterocycles. The average molecular weight is 327 g/mol. The molecule has 0 saturated carbocycles. The highest BCUT2D eigenvalue weighted by Crippen LogP contribution is 2.27. The molecule has 0 bridgehead atoms. The Labute approximate surface area is 127 Å². The number of nitrogens with one attached hydrogen (secondary N) is 2. The van der Waals surface area contributed by atoms with Gasteiger partial charge >= 0.3 is 0 Å². The number of carbonyl (C=O) groups excluding carboxylic acids is 1. The maximum absolute atomic E-state index is 12.3. The molecule has 1 saturated heterocycles. The number of sulfone groups is 1. The summed E-state index contributed by atoms with van der Waals surface area (Å²) in [7, 11) is -2.93. The Morgan fingerprint density at radius 3 is 2.57 bits per heavy atom. The number of hydrogen-bond acceptors (Lipinski definition) is 3. The van der Waals surface area contributed by atoms with Gasteiger partial charge in [-0.1, -0.05) is 29.8 Å². The molecular formula is C14H15ClN2O3S. The fourth-order valence-electron chi connectivity index (χ4n) is 2.56. The lowest BCUT2D eigenvalue weighted by molar-refractivity contribution is 0.0930. The van der Waals surface area contributed by atoms with Crippen molar-refractivity contribution in [1.29, 1.82) is 0 Å². The Bertz CT molecular complexity index is 784. The first-order valence-electron chi connectivity index (χ1n) is 6.74. The number of aromatic nitrogens is 1. The summed E-state index contributed by atoms with van der Waals surface area (Å²) in [5, 5.41) is 4.05. The number of benzene rings is 1. The van der Waals surface area contributed by atoms with Gasteiger partial charge in [0.05, 0.1) is 16.5 Å². The van der Waals surface area contributed by atoms with Crippen LogP contribution in [0.15, 0.2) is 24.3 Å². The van der Waals surface area contributed by atoms with Crippen LogP contribution in [-0.4, -0.2) is 36.9 Å². The normalized spacial score (nSPS) is 18.7. The monoisotopic (exact) mass is 326 g/mol. The van der Waals surface area contributed by atoms with Crippen LogP contribution in [0.25, 0.3) is 10.9 Å². The highest BCUT2D eigenvalue weighted by molar-refractivity contribution is 7.91. The molecule has 1 fully saturated rings. The van der Waals surface area contributed by atoms with Gasteiger partial charge in [0, 0.05) is 16.9 Å². The molecule has 21 heavy (non-hydrogen) atoms. The molecule has 0 spiro atoms. The Kier molecular flexibility index (Phi) is 3.67. The van der Waals surface area contributed by atoms with E-state index in [9.17, 15) is 13.2 Å². The SMILES string of the molecule is O=C(NC1CCS(=O)(=O)CC1)c1[nH]c2ccccc2c1Cl. The van der Waals surface area contributed by atoms with Gasteiger partial charge in [-0.2, -0.15) is 0 Å². The summed E-state index contributed by atoms with van der Waals surface area (Å²) in [6.07, 6.45) is 0.901. The molecule has 0 radical (unpaired) electrons. The van der Waals surface area contributed by atoms with Crippen LogP contribution in [-0.2, 0) is 9.84 Å². The molecule has 0 aliphatic carbocycles. The van der Waals surface area contributed by atoms with Crippen molar-refractivity contribution in [3.8, 4) is 0 Å². The van der Waals surface area contributed by atoms with Crippen LogP contribution in [0, 0.1) is 0 Å². The maximum Gasteiger partial charge on any atom is 0.269 e. The molecule has 2 aromatic rings. The Morgan fingerprint density at radius 1 is 1.24 bits per heavy atom. The molecule has 2 N–H and O–H groups in total. The van der Waals surface area contributed by atoms with E-state index in [1.165, 1.54) is 0 Å². The van der Waals surface area contributed by atoms with E-state index >= 15 is 0 Å². The molecule has 7 heteroatoms. The van der Waals surface area contributed by atoms with E-state index in [1.807, 2.05) is 24.3 Å². The van der Waals surface area contributed by atoms with E-state index in [1.54, 1.807) is 0 Å². The second-order valence-corrected chi connectivity index (χ2v) is 7.94. The standard InChI is InChI=1S/C14H15ClN2O3S/c15-12-10-3-1-2-4-11(10)17-13(12)14(18)16-9-5-7-21(19,20)8-6-9/h1-4,9,17H,5-8H2,(H,16,18). The summed E-state index contributed by atoms with van der Waals surface area (Å²) in [6, 6.07) is 7.30. The molecule has 1 aliphatic rings. The molecule has 1 aromatic heterocycles. The molecule has 1 aromatic carbocycles. The molecule has 3 rings (SSSR count). The number of rotatable bonds is 2. The second kappa shape index (κ2) is 5.35. The van der Waals surface area contributed by atoms with E-state index in [0.717, 1.165) is 10.9 Å². The van der Waals surface area contributed by atoms with Crippen LogP contribution >= 0.6 is 11.6 Å². The molecule has 0 atom stereocenters. The molecule has 5 nitrogen and oxygen atoms in total. The molecule has 1 aliphatic heterocycles. The van der Waals surface area contributed by atoms with Crippen molar-refractivity contribution in [3.63, 3.8) is 0 Å². The fraction of sp³-hybridized carbons (Fsp3) is 0.357. The number of aromatic amines is 1. The van der Waals surface area contributed by atoms with Crippen molar-refractivity contribution in [2.75, 3.05) is 11.5 Å². The van der Waals surface area contributed by atoms with E-state index < -0.39 is 9.84 Å². The summed E-state index contributed by atoms with van der Waals surface area (Å²) in [6.45, 7) is 0. The highest BCUT2D eigenvalue weighted by atomic mass is 35.5. The van der Waals surface area contributed by atoms with Crippen LogP contribution in [0.5, 0.6) is 0 Å². The summed E-state index contributed by atoms with van der Waals surface area (Å²) in [5.74, 6) is -0.0444. The van der Waals surface area contributed by atoms with Crippen LogP contribution in [0.4, 0.5) is 0 Å². The third kappa shape index (κ3) is 2.91. The van der Waals surface area contributed by atoms with Gasteiger partial charge in [0.15, 0.2) is 0 Å². The van der Waals surface area contributed by atoms with Crippen LogP contribution < -0.4 is 5.32 Å². The van der Waals surface area contributed by atoms with E-state index in [0.29, 0.717) is 23.6 Å². The average Bonchev–Trinajstić information content (AvgIpc) is 2.79. The van der Waals surface area contributed by atoms with Crippen molar-refractivity contribution in [2.24, 2.45) is 0 Å². The van der Waals surface area contributed by atoms with Gasteiger partial charge in [0.2, 0.25) is 0 Å². The van der Waals surface area contributed by atoms with E-state index in [-0.39, 0.29) is 23.5 Å². The summed E-state index contributed by atoms with van der Waals surface area (Å²) in [5.41, 5.74) is 1.13. The smallest absolute Gasteiger partial charge is 0.269 e. The summed E-state index contributed by atoms with van der Waals surface area (Å²) >= 11 is 6.23. The van der Waals surface area contributed by atoms with Gasteiger partial charge in [0.25, 0.3) is 5.91 Å². The predicted molar refractivity (Wildman–Crippen MR) is 82.5 cm³/mol. The molecular weight excluding hydrogens is 312 g/mol. The third-order valence-electron chi connectivity index (χ3n) is 3.76. The van der Waals surface area contributed by atoms with Crippen molar-refractivity contribution < 1.29 is 13.2 Å². The third-order valence-corrected chi connectivity index (χ3v) is 5.87. The van der Waals surface area contributed by atoms with Crippen molar-refractivity contribution in [3.05, 3.63) is 35.0 Å². The van der Waals surface area contributed by atoms with Crippen molar-refractivity contribution in [1.82, 2.24) is 10.3 Å². The zero-order valence-corrected chi connectivity index (χ0v) is 12.8. The van der Waals surface area contributed by atoms with Gasteiger partial charge in [-0.25, -0.2) is 8.42 Å². The van der Waals surface area contributed by atoms with Crippen LogP contribution in [0.3, 0.4) is 0 Å².